The molecule has 0 aliphatic heterocycles. The van der Waals surface area contributed by atoms with Gasteiger partial charge < -0.3 is 19.3 Å². The average molecular weight is 1000 g/mol. The van der Waals surface area contributed by atoms with Crippen LogP contribution in [0.4, 0.5) is 48.0 Å². The van der Waals surface area contributed by atoms with E-state index in [0.717, 1.165) is 51.8 Å². The third kappa shape index (κ3) is 13.1. The second-order valence-electron chi connectivity index (χ2n) is 13.1. The Bertz CT molecular complexity index is 2650. The lowest BCUT2D eigenvalue weighted by atomic mass is 10.2. The molecule has 0 N–H and O–H groups in total. The standard InChI is InChI=1S/C21H16Cl2F3N3O3S.C21H17ClF3N3O3S/c1-3-28(2)19(31)17-11-33-20(27-17)29(18(30)15-9-4-12(22)10-16(15)23)13-5-7-14(8-6-13)32-21(24,25)26;1-3-27(2)19(30)17-12-32-20(26-17)28(18(29)15-6-4-5-7-16(15)22)13-8-10-14(11-9-13)31-21(23,24)25/h4-11H,3H2,1-2H3;4-12H,3H2,1-2H3. The second kappa shape index (κ2) is 21.4. The van der Waals surface area contributed by atoms with Gasteiger partial charge in [0.2, 0.25) is 0 Å². The van der Waals surface area contributed by atoms with Crippen LogP contribution in [-0.2, 0) is 0 Å². The summed E-state index contributed by atoms with van der Waals surface area (Å²) in [4.78, 5) is 65.5. The predicted octanol–water partition coefficient (Wildman–Crippen LogP) is 12.2. The Hall–Kier alpha value is -5.93. The van der Waals surface area contributed by atoms with Gasteiger partial charge in [0, 0.05) is 43.0 Å². The molecule has 0 atom stereocenters. The Balaban J connectivity index is 0.000000244. The Morgan fingerprint density at radius 2 is 0.969 bits per heavy atom. The maximum absolute atomic E-state index is 13.4. The van der Waals surface area contributed by atoms with Crippen LogP contribution >= 0.6 is 57.5 Å². The number of rotatable bonds is 12. The van der Waals surface area contributed by atoms with Crippen molar-refractivity contribution in [3.05, 3.63) is 139 Å². The predicted molar refractivity (Wildman–Crippen MR) is 237 cm³/mol. The zero-order valence-electron chi connectivity index (χ0n) is 34.1. The fraction of sp³-hybridized carbons (Fsp3) is 0.190. The van der Waals surface area contributed by atoms with E-state index in [1.54, 1.807) is 39.2 Å². The molecule has 4 aromatic carbocycles. The van der Waals surface area contributed by atoms with Gasteiger partial charge in [-0.3, -0.25) is 29.0 Å². The van der Waals surface area contributed by atoms with Crippen molar-refractivity contribution >= 4 is 103 Å². The molecule has 0 aliphatic carbocycles. The van der Waals surface area contributed by atoms with Crippen LogP contribution in [0.25, 0.3) is 0 Å². The van der Waals surface area contributed by atoms with Crippen molar-refractivity contribution < 1.29 is 55.0 Å². The van der Waals surface area contributed by atoms with E-state index in [0.29, 0.717) is 18.1 Å². The van der Waals surface area contributed by atoms with Gasteiger partial charge in [0.15, 0.2) is 10.3 Å². The molecular formula is C42H33Cl3F6N6O6S2. The molecule has 0 aliphatic rings. The molecule has 4 amide bonds. The molecule has 65 heavy (non-hydrogen) atoms. The van der Waals surface area contributed by atoms with Gasteiger partial charge in [0.05, 0.1) is 32.5 Å². The number of benzene rings is 4. The van der Waals surface area contributed by atoms with Crippen molar-refractivity contribution in [3.63, 3.8) is 0 Å². The Morgan fingerprint density at radius 1 is 0.569 bits per heavy atom. The first kappa shape index (κ1) is 50.1. The van der Waals surface area contributed by atoms with Gasteiger partial charge in [-0.15, -0.1) is 49.0 Å². The van der Waals surface area contributed by atoms with Gasteiger partial charge in [-0.25, -0.2) is 9.97 Å². The molecule has 0 saturated carbocycles. The van der Waals surface area contributed by atoms with E-state index in [1.807, 2.05) is 6.92 Å². The third-order valence-corrected chi connectivity index (χ3v) is 11.3. The highest BCUT2D eigenvalue weighted by molar-refractivity contribution is 7.14. The maximum atomic E-state index is 13.4. The van der Waals surface area contributed by atoms with Gasteiger partial charge in [0.1, 0.15) is 22.9 Å². The molecule has 0 radical (unpaired) electrons. The monoisotopic (exact) mass is 1000 g/mol. The van der Waals surface area contributed by atoms with Crippen LogP contribution in [0.1, 0.15) is 55.5 Å². The minimum absolute atomic E-state index is 0.0769. The van der Waals surface area contributed by atoms with Crippen molar-refractivity contribution in [2.45, 2.75) is 26.6 Å². The first-order valence-electron chi connectivity index (χ1n) is 18.6. The summed E-state index contributed by atoms with van der Waals surface area (Å²) in [5, 5.41) is 3.88. The number of hydrogen-bond acceptors (Lipinski definition) is 10. The van der Waals surface area contributed by atoms with Crippen LogP contribution in [0.2, 0.25) is 15.1 Å². The zero-order chi connectivity index (χ0) is 47.8. The summed E-state index contributed by atoms with van der Waals surface area (Å²) in [6.45, 7) is 4.53. The third-order valence-electron chi connectivity index (χ3n) is 8.78. The number of amides is 4. The lowest BCUT2D eigenvalue weighted by Gasteiger charge is -2.21. The number of alkyl halides is 6. The van der Waals surface area contributed by atoms with Crippen molar-refractivity contribution in [1.29, 1.82) is 0 Å². The molecule has 6 rings (SSSR count). The second-order valence-corrected chi connectivity index (χ2v) is 16.1. The number of carbonyl (C=O) groups excluding carboxylic acids is 4. The summed E-state index contributed by atoms with van der Waals surface area (Å²) in [5.74, 6) is -2.73. The largest absolute Gasteiger partial charge is 0.573 e. The highest BCUT2D eigenvalue weighted by Crippen LogP contribution is 2.36. The zero-order valence-corrected chi connectivity index (χ0v) is 38.0. The molecule has 2 aromatic heterocycles. The van der Waals surface area contributed by atoms with E-state index in [2.05, 4.69) is 19.4 Å². The van der Waals surface area contributed by atoms with Crippen molar-refractivity contribution in [2.24, 2.45) is 0 Å². The SMILES string of the molecule is CCN(C)C(=O)c1csc(N(C(=O)c2ccc(Cl)cc2Cl)c2ccc(OC(F)(F)F)cc2)n1.CCN(C)C(=O)c1csc(N(C(=O)c2ccccc2Cl)c2ccc(OC(F)(F)F)cc2)n1. The summed E-state index contributed by atoms with van der Waals surface area (Å²) < 4.78 is 82.8. The van der Waals surface area contributed by atoms with Crippen molar-refractivity contribution in [3.8, 4) is 11.5 Å². The maximum Gasteiger partial charge on any atom is 0.573 e. The van der Waals surface area contributed by atoms with Gasteiger partial charge in [-0.05, 0) is 92.7 Å². The summed E-state index contributed by atoms with van der Waals surface area (Å²) in [6, 6.07) is 20.1. The molecule has 0 fully saturated rings. The molecule has 342 valence electrons. The molecule has 0 spiro atoms. The number of halogens is 9. The molecule has 0 saturated heterocycles. The van der Waals surface area contributed by atoms with Crippen LogP contribution in [0.3, 0.4) is 0 Å². The van der Waals surface area contributed by atoms with E-state index in [1.165, 1.54) is 74.0 Å². The Labute approximate surface area is 390 Å². The number of aromatic nitrogens is 2. The number of thiazole rings is 2. The molecule has 0 unspecified atom stereocenters. The number of ether oxygens (including phenoxy) is 2. The number of hydrogen-bond donors (Lipinski definition) is 0. The number of anilines is 4. The summed E-state index contributed by atoms with van der Waals surface area (Å²) in [6.07, 6.45) is -9.70. The van der Waals surface area contributed by atoms with E-state index >= 15 is 0 Å². The van der Waals surface area contributed by atoms with E-state index in [-0.39, 0.29) is 66.0 Å². The average Bonchev–Trinajstić information content (AvgIpc) is 3.94. The van der Waals surface area contributed by atoms with Gasteiger partial charge in [0.25, 0.3) is 23.6 Å². The summed E-state index contributed by atoms with van der Waals surface area (Å²) >= 11 is 20.4. The van der Waals surface area contributed by atoms with Crippen LogP contribution < -0.4 is 19.3 Å². The van der Waals surface area contributed by atoms with Crippen LogP contribution in [0, 0.1) is 0 Å². The quantitative estimate of drug-likeness (QED) is 0.111. The Morgan fingerprint density at radius 3 is 1.34 bits per heavy atom. The van der Waals surface area contributed by atoms with Gasteiger partial charge >= 0.3 is 12.7 Å². The van der Waals surface area contributed by atoms with Crippen LogP contribution in [-0.4, -0.2) is 83.3 Å². The molecule has 6 aromatic rings. The first-order valence-corrected chi connectivity index (χ1v) is 21.5. The van der Waals surface area contributed by atoms with E-state index in [4.69, 9.17) is 34.8 Å². The van der Waals surface area contributed by atoms with Crippen molar-refractivity contribution in [1.82, 2.24) is 19.8 Å². The normalized spacial score (nSPS) is 11.2. The van der Waals surface area contributed by atoms with Crippen molar-refractivity contribution in [2.75, 3.05) is 37.0 Å². The Kier molecular flexibility index (Phi) is 16.5. The topological polar surface area (TPSA) is 125 Å². The van der Waals surface area contributed by atoms with Crippen LogP contribution in [0.15, 0.2) is 102 Å². The number of carbonyl (C=O) groups is 4. The lowest BCUT2D eigenvalue weighted by molar-refractivity contribution is -0.275. The van der Waals surface area contributed by atoms with Gasteiger partial charge in [-0.1, -0.05) is 46.9 Å². The molecule has 23 heteroatoms. The van der Waals surface area contributed by atoms with E-state index in [9.17, 15) is 45.5 Å². The molecular weight excluding hydrogens is 969 g/mol. The molecule has 2 heterocycles. The smallest absolute Gasteiger partial charge is 0.406 e. The number of nitrogens with zero attached hydrogens (tertiary/aromatic N) is 6. The highest BCUT2D eigenvalue weighted by atomic mass is 35.5. The summed E-state index contributed by atoms with van der Waals surface area (Å²) in [5.41, 5.74) is 0.933. The van der Waals surface area contributed by atoms with Crippen LogP contribution in [0.5, 0.6) is 11.5 Å². The first-order chi connectivity index (χ1) is 30.6. The van der Waals surface area contributed by atoms with E-state index < -0.39 is 36.0 Å². The van der Waals surface area contributed by atoms with Gasteiger partial charge in [-0.2, -0.15) is 0 Å². The fourth-order valence-electron chi connectivity index (χ4n) is 5.37. The minimum Gasteiger partial charge on any atom is -0.406 e. The minimum atomic E-state index is -4.86. The lowest BCUT2D eigenvalue weighted by Crippen LogP contribution is -2.28. The molecule has 0 bridgehead atoms. The molecule has 12 nitrogen and oxygen atoms in total. The highest BCUT2D eigenvalue weighted by Gasteiger charge is 2.33. The fourth-order valence-corrected chi connectivity index (χ4v) is 7.71. The summed E-state index contributed by atoms with van der Waals surface area (Å²) in [7, 11) is 3.23.